The van der Waals surface area contributed by atoms with Gasteiger partial charge >= 0.3 is 5.97 Å². The molecule has 2 heterocycles. The Morgan fingerprint density at radius 2 is 2.35 bits per heavy atom. The summed E-state index contributed by atoms with van der Waals surface area (Å²) in [5.41, 5.74) is 0. The molecule has 20 heavy (non-hydrogen) atoms. The van der Waals surface area contributed by atoms with Crippen LogP contribution in [0.2, 0.25) is 0 Å². The standard InChI is InChI=1S/C12H10N4O3S/c1-19-8-3-2-4-9-7(8)5-10(20-9)12-13-14-15-16(12)6-11(17)18/h2-5H,6H2,1H3,(H,17,18). The van der Waals surface area contributed by atoms with Crippen molar-refractivity contribution in [3.05, 3.63) is 24.3 Å². The van der Waals surface area contributed by atoms with Crippen LogP contribution >= 0.6 is 11.3 Å². The second-order valence-corrected chi connectivity index (χ2v) is 5.12. The number of rotatable bonds is 4. The number of methoxy groups -OCH3 is 1. The first-order valence-corrected chi connectivity index (χ1v) is 6.55. The number of carbonyl (C=O) groups is 1. The number of aliphatic carboxylic acids is 1. The fourth-order valence-electron chi connectivity index (χ4n) is 1.94. The van der Waals surface area contributed by atoms with Gasteiger partial charge in [-0.2, -0.15) is 0 Å². The summed E-state index contributed by atoms with van der Waals surface area (Å²) in [5.74, 6) is 0.218. The van der Waals surface area contributed by atoms with E-state index < -0.39 is 5.97 Å². The van der Waals surface area contributed by atoms with E-state index in [1.165, 1.54) is 16.0 Å². The number of thiophene rings is 1. The number of carboxylic acid groups (broad SMARTS) is 1. The zero-order valence-corrected chi connectivity index (χ0v) is 11.3. The second-order valence-electron chi connectivity index (χ2n) is 4.04. The minimum absolute atomic E-state index is 0.270. The third-order valence-corrected chi connectivity index (χ3v) is 3.87. The Kier molecular flexibility index (Phi) is 3.07. The van der Waals surface area contributed by atoms with E-state index in [4.69, 9.17) is 9.84 Å². The van der Waals surface area contributed by atoms with Gasteiger partial charge in [0.15, 0.2) is 5.82 Å². The molecule has 0 amide bonds. The van der Waals surface area contributed by atoms with Crippen molar-refractivity contribution < 1.29 is 14.6 Å². The van der Waals surface area contributed by atoms with Crippen molar-refractivity contribution in [2.75, 3.05) is 7.11 Å². The second kappa shape index (κ2) is 4.89. The first-order chi connectivity index (χ1) is 9.69. The Balaban J connectivity index is 2.11. The van der Waals surface area contributed by atoms with Crippen LogP contribution < -0.4 is 4.74 Å². The summed E-state index contributed by atoms with van der Waals surface area (Å²) in [6.07, 6.45) is 0. The van der Waals surface area contributed by atoms with Gasteiger partial charge in [-0.1, -0.05) is 6.07 Å². The molecule has 2 aromatic heterocycles. The smallest absolute Gasteiger partial charge is 0.325 e. The van der Waals surface area contributed by atoms with Gasteiger partial charge in [-0.25, -0.2) is 4.68 Å². The number of carboxylic acids is 1. The molecule has 0 saturated heterocycles. The number of benzene rings is 1. The molecule has 1 N–H and O–H groups in total. The molecule has 0 unspecified atom stereocenters. The van der Waals surface area contributed by atoms with Crippen LogP contribution in [-0.2, 0) is 11.3 Å². The number of ether oxygens (including phenoxy) is 1. The van der Waals surface area contributed by atoms with Crippen molar-refractivity contribution in [2.24, 2.45) is 0 Å². The third-order valence-electron chi connectivity index (χ3n) is 2.78. The van der Waals surface area contributed by atoms with E-state index in [2.05, 4.69) is 15.5 Å². The molecule has 7 nitrogen and oxygen atoms in total. The van der Waals surface area contributed by atoms with Crippen LogP contribution in [-0.4, -0.2) is 38.4 Å². The summed E-state index contributed by atoms with van der Waals surface area (Å²) in [6.45, 7) is -0.270. The third kappa shape index (κ3) is 2.10. The van der Waals surface area contributed by atoms with Crippen molar-refractivity contribution in [3.63, 3.8) is 0 Å². The van der Waals surface area contributed by atoms with Gasteiger partial charge in [0, 0.05) is 10.1 Å². The topological polar surface area (TPSA) is 90.1 Å². The van der Waals surface area contributed by atoms with Crippen molar-refractivity contribution >= 4 is 27.4 Å². The van der Waals surface area contributed by atoms with Crippen molar-refractivity contribution in [3.8, 4) is 16.5 Å². The Labute approximate surface area is 117 Å². The summed E-state index contributed by atoms with van der Waals surface area (Å²) in [7, 11) is 1.61. The Hall–Kier alpha value is -2.48. The fraction of sp³-hybridized carbons (Fsp3) is 0.167. The van der Waals surface area contributed by atoms with Gasteiger partial charge in [-0.15, -0.1) is 16.4 Å². The molecule has 0 saturated carbocycles. The maximum absolute atomic E-state index is 10.8. The molecular weight excluding hydrogens is 280 g/mol. The van der Waals surface area contributed by atoms with Crippen molar-refractivity contribution in [1.29, 1.82) is 0 Å². The first kappa shape index (κ1) is 12.5. The summed E-state index contributed by atoms with van der Waals surface area (Å²) >= 11 is 1.49. The van der Waals surface area contributed by atoms with E-state index in [-0.39, 0.29) is 6.54 Å². The molecule has 0 bridgehead atoms. The zero-order chi connectivity index (χ0) is 14.1. The van der Waals surface area contributed by atoms with Crippen LogP contribution in [0.25, 0.3) is 20.8 Å². The molecule has 0 radical (unpaired) electrons. The molecule has 102 valence electrons. The number of nitrogens with zero attached hydrogens (tertiary/aromatic N) is 4. The highest BCUT2D eigenvalue weighted by Gasteiger charge is 2.15. The Morgan fingerprint density at radius 1 is 1.50 bits per heavy atom. The number of hydrogen-bond acceptors (Lipinski definition) is 6. The van der Waals surface area contributed by atoms with E-state index in [1.54, 1.807) is 7.11 Å². The molecule has 0 spiro atoms. The fourth-order valence-corrected chi connectivity index (χ4v) is 3.01. The summed E-state index contributed by atoms with van der Waals surface area (Å²) in [4.78, 5) is 11.6. The lowest BCUT2D eigenvalue weighted by Gasteiger charge is -1.99. The molecular formula is C12H10N4O3S. The van der Waals surface area contributed by atoms with Gasteiger partial charge in [0.2, 0.25) is 0 Å². The maximum Gasteiger partial charge on any atom is 0.325 e. The van der Waals surface area contributed by atoms with Crippen LogP contribution in [0.1, 0.15) is 0 Å². The highest BCUT2D eigenvalue weighted by molar-refractivity contribution is 7.22. The number of tetrazole rings is 1. The highest BCUT2D eigenvalue weighted by Crippen LogP contribution is 2.36. The van der Waals surface area contributed by atoms with Gasteiger partial charge < -0.3 is 9.84 Å². The number of fused-ring (bicyclic) bond motifs is 1. The van der Waals surface area contributed by atoms with Gasteiger partial charge in [0.05, 0.1) is 12.0 Å². The monoisotopic (exact) mass is 290 g/mol. The van der Waals surface area contributed by atoms with Crippen molar-refractivity contribution in [2.45, 2.75) is 6.54 Å². The summed E-state index contributed by atoms with van der Waals surface area (Å²) in [6, 6.07) is 7.65. The molecule has 0 atom stereocenters. The lowest BCUT2D eigenvalue weighted by atomic mass is 10.2. The van der Waals surface area contributed by atoms with Crippen molar-refractivity contribution in [1.82, 2.24) is 20.2 Å². The minimum Gasteiger partial charge on any atom is -0.496 e. The molecule has 0 fully saturated rings. The van der Waals surface area contributed by atoms with E-state index in [0.717, 1.165) is 20.7 Å². The summed E-state index contributed by atoms with van der Waals surface area (Å²) in [5, 5.41) is 20.9. The average molecular weight is 290 g/mol. The minimum atomic E-state index is -0.989. The van der Waals surface area contributed by atoms with Gasteiger partial charge in [-0.05, 0) is 28.6 Å². The Bertz CT molecular complexity index is 780. The predicted molar refractivity (Wildman–Crippen MR) is 72.8 cm³/mol. The molecule has 0 aliphatic carbocycles. The molecule has 1 aromatic carbocycles. The average Bonchev–Trinajstić information content (AvgIpc) is 3.02. The van der Waals surface area contributed by atoms with E-state index in [0.29, 0.717) is 5.82 Å². The largest absolute Gasteiger partial charge is 0.496 e. The highest BCUT2D eigenvalue weighted by atomic mass is 32.1. The lowest BCUT2D eigenvalue weighted by molar-refractivity contribution is -0.137. The quantitative estimate of drug-likeness (QED) is 0.785. The van der Waals surface area contributed by atoms with E-state index in [9.17, 15) is 4.79 Å². The number of hydrogen-bond donors (Lipinski definition) is 1. The van der Waals surface area contributed by atoms with Gasteiger partial charge in [-0.3, -0.25) is 4.79 Å². The Morgan fingerprint density at radius 3 is 3.10 bits per heavy atom. The zero-order valence-electron chi connectivity index (χ0n) is 10.5. The maximum atomic E-state index is 10.8. The number of aromatic nitrogens is 4. The van der Waals surface area contributed by atoms with Crippen LogP contribution in [0, 0.1) is 0 Å². The lowest BCUT2D eigenvalue weighted by Crippen LogP contribution is -2.11. The van der Waals surface area contributed by atoms with Crippen LogP contribution in [0.15, 0.2) is 24.3 Å². The molecule has 0 aliphatic heterocycles. The van der Waals surface area contributed by atoms with E-state index in [1.807, 2.05) is 24.3 Å². The SMILES string of the molecule is COc1cccc2sc(-c3nnnn3CC(=O)O)cc12. The van der Waals surface area contributed by atoms with E-state index >= 15 is 0 Å². The van der Waals surface area contributed by atoms with Crippen LogP contribution in [0.4, 0.5) is 0 Å². The molecule has 3 rings (SSSR count). The van der Waals surface area contributed by atoms with Crippen LogP contribution in [0.5, 0.6) is 5.75 Å². The van der Waals surface area contributed by atoms with Crippen LogP contribution in [0.3, 0.4) is 0 Å². The normalized spacial score (nSPS) is 10.8. The predicted octanol–water partition coefficient (Wildman–Crippen LogP) is 1.65. The molecule has 0 aliphatic rings. The van der Waals surface area contributed by atoms with Gasteiger partial charge in [0.1, 0.15) is 12.3 Å². The molecule has 3 aromatic rings. The van der Waals surface area contributed by atoms with Gasteiger partial charge in [0.25, 0.3) is 0 Å². The first-order valence-electron chi connectivity index (χ1n) is 5.74. The summed E-state index contributed by atoms with van der Waals surface area (Å²) < 4.78 is 7.60. The molecule has 8 heteroatoms.